The number of hydrogen-bond donors (Lipinski definition) is 0. The zero-order chi connectivity index (χ0) is 56.6. The number of rotatable bonds is 0. The van der Waals surface area contributed by atoms with Gasteiger partial charge in [-0.15, -0.1) is 0 Å². The van der Waals surface area contributed by atoms with Gasteiger partial charge in [0, 0.05) is 0 Å². The number of hydrogen-bond acceptors (Lipinski definition) is 0. The molecule has 0 heteroatoms. The standard InChI is InChI=1S/8C10H20.3CH4/c8*1-2-4-6-8-10-9-7-5-3-1;;;/h8*1-10H2;3*1H4. The predicted molar refractivity (Wildman–Crippen MR) is 390 cm³/mol. The third-order valence-corrected chi connectivity index (χ3v) is 20.0. The van der Waals surface area contributed by atoms with Crippen LogP contribution in [-0.2, 0) is 0 Å². The van der Waals surface area contributed by atoms with Crippen LogP contribution in [0.25, 0.3) is 0 Å². The van der Waals surface area contributed by atoms with Crippen molar-refractivity contribution in [3.05, 3.63) is 0 Å². The van der Waals surface area contributed by atoms with Crippen LogP contribution in [0.15, 0.2) is 0 Å². The molecule has 8 aliphatic rings. The molecule has 0 aromatic heterocycles. The van der Waals surface area contributed by atoms with Gasteiger partial charge in [0.1, 0.15) is 0 Å². The lowest BCUT2D eigenvalue weighted by atomic mass is 10.0. The molecular formula is C83H172. The summed E-state index contributed by atoms with van der Waals surface area (Å²) in [4.78, 5) is 0. The van der Waals surface area contributed by atoms with Gasteiger partial charge < -0.3 is 0 Å². The van der Waals surface area contributed by atoms with E-state index in [-0.39, 0.29) is 22.3 Å². The molecule has 0 atom stereocenters. The van der Waals surface area contributed by atoms with E-state index < -0.39 is 0 Å². The average Bonchev–Trinajstić information content (AvgIpc) is 3.52. The second kappa shape index (κ2) is 84.1. The summed E-state index contributed by atoms with van der Waals surface area (Å²) in [7, 11) is 0. The van der Waals surface area contributed by atoms with Crippen molar-refractivity contribution in [1.29, 1.82) is 0 Å². The Balaban J connectivity index is -0.000000877. The van der Waals surface area contributed by atoms with E-state index in [1.165, 1.54) is 514 Å². The molecule has 8 fully saturated rings. The quantitative estimate of drug-likeness (QED) is 0.227. The Morgan fingerprint density at radius 3 is 0.0602 bits per heavy atom. The van der Waals surface area contributed by atoms with Crippen LogP contribution in [0.2, 0.25) is 0 Å². The lowest BCUT2D eigenvalue weighted by Gasteiger charge is -2.05. The van der Waals surface area contributed by atoms with Crippen LogP contribution in [0.3, 0.4) is 0 Å². The van der Waals surface area contributed by atoms with Gasteiger partial charge in [0.2, 0.25) is 0 Å². The first-order valence-electron chi connectivity index (χ1n) is 40.0. The summed E-state index contributed by atoms with van der Waals surface area (Å²) in [5, 5.41) is 0. The van der Waals surface area contributed by atoms with E-state index in [1.54, 1.807) is 0 Å². The fourth-order valence-electron chi connectivity index (χ4n) is 14.1. The predicted octanol–water partition coefficient (Wildman–Crippen LogP) is 33.1. The SMILES string of the molecule is C.C.C.C1CCCCCCCCC1.C1CCCCCCCCC1.C1CCCCCCCCC1.C1CCCCCCCCC1.C1CCCCCCCCC1.C1CCCCCCCCC1.C1CCCCCCCCC1.C1CCCCCCCCC1. The first-order valence-corrected chi connectivity index (χ1v) is 40.0. The van der Waals surface area contributed by atoms with E-state index in [2.05, 4.69) is 0 Å². The molecule has 0 N–H and O–H groups in total. The van der Waals surface area contributed by atoms with Crippen molar-refractivity contribution in [3.63, 3.8) is 0 Å². The minimum atomic E-state index is 0. The summed E-state index contributed by atoms with van der Waals surface area (Å²) < 4.78 is 0. The van der Waals surface area contributed by atoms with E-state index in [0.29, 0.717) is 0 Å². The van der Waals surface area contributed by atoms with E-state index in [9.17, 15) is 0 Å². The van der Waals surface area contributed by atoms with Gasteiger partial charge in [-0.3, -0.25) is 0 Å². The first kappa shape index (κ1) is 87.2. The highest BCUT2D eigenvalue weighted by Crippen LogP contribution is 2.22. The Morgan fingerprint density at radius 1 is 0.0361 bits per heavy atom. The molecule has 0 spiro atoms. The van der Waals surface area contributed by atoms with E-state index in [0.717, 1.165) is 0 Å². The van der Waals surface area contributed by atoms with Gasteiger partial charge in [-0.25, -0.2) is 0 Å². The van der Waals surface area contributed by atoms with Gasteiger partial charge >= 0.3 is 0 Å². The summed E-state index contributed by atoms with van der Waals surface area (Å²) in [5.74, 6) is 0. The van der Waals surface area contributed by atoms with Crippen molar-refractivity contribution in [2.24, 2.45) is 0 Å². The zero-order valence-corrected chi connectivity index (χ0v) is 56.6. The second-order valence-corrected chi connectivity index (χ2v) is 28.3. The van der Waals surface area contributed by atoms with Gasteiger partial charge in [-0.1, -0.05) is 536 Å². The topological polar surface area (TPSA) is 0 Å². The molecule has 8 aliphatic carbocycles. The summed E-state index contributed by atoms with van der Waals surface area (Å²) >= 11 is 0. The van der Waals surface area contributed by atoms with Crippen LogP contribution in [0, 0.1) is 0 Å². The maximum Gasteiger partial charge on any atom is -0.0533 e. The Bertz CT molecular complexity index is 506. The lowest BCUT2D eigenvalue weighted by Crippen LogP contribution is -1.85. The third kappa shape index (κ3) is 82.0. The van der Waals surface area contributed by atoms with Crippen LogP contribution in [0.1, 0.15) is 536 Å². The average molecular weight is 1170 g/mol. The molecule has 0 bridgehead atoms. The van der Waals surface area contributed by atoms with Gasteiger partial charge in [-0.2, -0.15) is 0 Å². The summed E-state index contributed by atoms with van der Waals surface area (Å²) in [6, 6.07) is 0. The summed E-state index contributed by atoms with van der Waals surface area (Å²) in [5.41, 5.74) is 0. The van der Waals surface area contributed by atoms with Crippen molar-refractivity contribution in [1.82, 2.24) is 0 Å². The molecule has 0 aliphatic heterocycles. The fraction of sp³-hybridized carbons (Fsp3) is 1.00. The lowest BCUT2D eigenvalue weighted by molar-refractivity contribution is 0.504. The van der Waals surface area contributed by atoms with Crippen molar-refractivity contribution in [2.75, 3.05) is 0 Å². The molecule has 0 heterocycles. The normalized spacial score (nSPS) is 23.1. The van der Waals surface area contributed by atoms with Crippen molar-refractivity contribution in [3.8, 4) is 0 Å². The highest BCUT2D eigenvalue weighted by Gasteiger charge is 2.02. The van der Waals surface area contributed by atoms with Crippen molar-refractivity contribution < 1.29 is 0 Å². The Labute approximate surface area is 533 Å². The summed E-state index contributed by atoms with van der Waals surface area (Å²) in [6.45, 7) is 0. The largest absolute Gasteiger partial charge is 0.0776 e. The van der Waals surface area contributed by atoms with Crippen LogP contribution >= 0.6 is 0 Å². The highest BCUT2D eigenvalue weighted by molar-refractivity contribution is 4.58. The second-order valence-electron chi connectivity index (χ2n) is 28.3. The molecular weight excluding hydrogens is 997 g/mol. The van der Waals surface area contributed by atoms with Crippen molar-refractivity contribution >= 4 is 0 Å². The van der Waals surface area contributed by atoms with E-state index in [4.69, 9.17) is 0 Å². The maximum absolute atomic E-state index is 1.50. The first-order chi connectivity index (χ1) is 40.0. The van der Waals surface area contributed by atoms with Gasteiger partial charge in [0.05, 0.1) is 0 Å². The van der Waals surface area contributed by atoms with Gasteiger partial charge in [-0.05, 0) is 0 Å². The van der Waals surface area contributed by atoms with Crippen LogP contribution in [0.4, 0.5) is 0 Å². The minimum absolute atomic E-state index is 0. The molecule has 0 aromatic rings. The van der Waals surface area contributed by atoms with Crippen molar-refractivity contribution in [2.45, 2.75) is 536 Å². The van der Waals surface area contributed by atoms with Crippen LogP contribution in [0.5, 0.6) is 0 Å². The third-order valence-electron chi connectivity index (χ3n) is 20.0. The maximum atomic E-state index is 1.50. The van der Waals surface area contributed by atoms with Crippen LogP contribution in [-0.4, -0.2) is 0 Å². The Morgan fingerprint density at radius 2 is 0.0482 bits per heavy atom. The van der Waals surface area contributed by atoms with Gasteiger partial charge in [0.15, 0.2) is 0 Å². The zero-order valence-electron chi connectivity index (χ0n) is 56.6. The Kier molecular flexibility index (Phi) is 88.3. The monoisotopic (exact) mass is 1170 g/mol. The molecule has 8 saturated carbocycles. The minimum Gasteiger partial charge on any atom is -0.0776 e. The molecule has 0 saturated heterocycles. The van der Waals surface area contributed by atoms with E-state index in [1.807, 2.05) is 0 Å². The molecule has 0 radical (unpaired) electrons. The molecule has 0 amide bonds. The van der Waals surface area contributed by atoms with E-state index >= 15 is 0 Å². The summed E-state index contributed by atoms with van der Waals surface area (Å²) in [6.07, 6.45) is 120. The fourth-order valence-corrected chi connectivity index (χ4v) is 14.1. The molecule has 83 heavy (non-hydrogen) atoms. The van der Waals surface area contributed by atoms with Crippen LogP contribution < -0.4 is 0 Å². The molecule has 0 unspecified atom stereocenters. The molecule has 0 aromatic carbocycles. The Hall–Kier alpha value is 0. The highest BCUT2D eigenvalue weighted by atomic mass is 14.1. The molecule has 0 nitrogen and oxygen atoms in total. The molecule has 8 rings (SSSR count). The molecule has 504 valence electrons. The van der Waals surface area contributed by atoms with Gasteiger partial charge in [0.25, 0.3) is 0 Å². The smallest absolute Gasteiger partial charge is 0.0533 e.